The van der Waals surface area contributed by atoms with Crippen LogP contribution in [0.5, 0.6) is 0 Å². The molecule has 1 saturated heterocycles. The lowest BCUT2D eigenvalue weighted by atomic mass is 10.1. The van der Waals surface area contributed by atoms with Crippen molar-refractivity contribution in [1.29, 1.82) is 0 Å². The molecule has 2 rings (SSSR count). The van der Waals surface area contributed by atoms with Crippen LogP contribution in [0.2, 0.25) is 0 Å². The van der Waals surface area contributed by atoms with E-state index in [9.17, 15) is 8.42 Å². The van der Waals surface area contributed by atoms with Gasteiger partial charge < -0.3 is 5.73 Å². The third-order valence-corrected chi connectivity index (χ3v) is 4.51. The quantitative estimate of drug-likeness (QED) is 0.797. The molecular weight excluding hydrogens is 226 g/mol. The van der Waals surface area contributed by atoms with E-state index in [1.54, 1.807) is 12.3 Å². The molecule has 2 heterocycles. The van der Waals surface area contributed by atoms with Crippen molar-refractivity contribution in [2.75, 3.05) is 18.1 Å². The molecule has 0 bridgehead atoms. The molecule has 0 spiro atoms. The molecule has 0 aromatic carbocycles. The van der Waals surface area contributed by atoms with E-state index in [-0.39, 0.29) is 17.4 Å². The maximum atomic E-state index is 11.4. The predicted molar refractivity (Wildman–Crippen MR) is 60.8 cm³/mol. The van der Waals surface area contributed by atoms with Gasteiger partial charge >= 0.3 is 0 Å². The second-order valence-corrected chi connectivity index (χ2v) is 6.27. The molecule has 1 aromatic heterocycles. The molecule has 0 radical (unpaired) electrons. The Kier molecular flexibility index (Phi) is 3.20. The average molecular weight is 241 g/mol. The van der Waals surface area contributed by atoms with E-state index in [0.29, 0.717) is 25.2 Å². The number of sulfone groups is 1. The highest BCUT2D eigenvalue weighted by atomic mass is 32.2. The van der Waals surface area contributed by atoms with Crippen molar-refractivity contribution in [3.63, 3.8) is 0 Å². The highest BCUT2D eigenvalue weighted by molar-refractivity contribution is 7.91. The minimum absolute atomic E-state index is 0.0320. The predicted octanol–water partition coefficient (Wildman–Crippen LogP) is -0.120. The zero-order valence-corrected chi connectivity index (χ0v) is 9.78. The van der Waals surface area contributed by atoms with E-state index in [2.05, 4.69) is 9.97 Å². The van der Waals surface area contributed by atoms with Gasteiger partial charge in [0.05, 0.1) is 11.5 Å². The standard InChI is InChI=1S/C10H15N3O2S/c11-4-1-10-12-5-2-9(13-10)8-3-6-16(14,15)7-8/h2,5,8H,1,3-4,6-7,11H2. The van der Waals surface area contributed by atoms with E-state index in [1.807, 2.05) is 0 Å². The number of rotatable bonds is 3. The molecule has 1 aliphatic rings. The topological polar surface area (TPSA) is 85.9 Å². The Labute approximate surface area is 95.0 Å². The van der Waals surface area contributed by atoms with Gasteiger partial charge in [-0.2, -0.15) is 0 Å². The van der Waals surface area contributed by atoms with Crippen LogP contribution in [0.3, 0.4) is 0 Å². The van der Waals surface area contributed by atoms with Crippen molar-refractivity contribution in [1.82, 2.24) is 9.97 Å². The summed E-state index contributed by atoms with van der Waals surface area (Å²) in [6, 6.07) is 1.80. The Balaban J connectivity index is 2.18. The molecule has 6 heteroatoms. The van der Waals surface area contributed by atoms with Gasteiger partial charge in [-0.25, -0.2) is 18.4 Å². The van der Waals surface area contributed by atoms with Crippen LogP contribution >= 0.6 is 0 Å². The van der Waals surface area contributed by atoms with Crippen LogP contribution in [0, 0.1) is 0 Å². The van der Waals surface area contributed by atoms with Crippen LogP contribution < -0.4 is 5.73 Å². The first-order chi connectivity index (χ1) is 7.61. The SMILES string of the molecule is NCCc1nccc(C2CCS(=O)(=O)C2)n1. The van der Waals surface area contributed by atoms with Crippen molar-refractivity contribution in [3.8, 4) is 0 Å². The third kappa shape index (κ3) is 2.56. The fraction of sp³-hybridized carbons (Fsp3) is 0.600. The summed E-state index contributed by atoms with van der Waals surface area (Å²) in [7, 11) is -2.85. The first-order valence-corrected chi connectivity index (χ1v) is 7.15. The van der Waals surface area contributed by atoms with Gasteiger partial charge in [0.15, 0.2) is 9.84 Å². The molecule has 1 fully saturated rings. The summed E-state index contributed by atoms with van der Waals surface area (Å²) in [5, 5.41) is 0. The second kappa shape index (κ2) is 4.47. The largest absolute Gasteiger partial charge is 0.330 e. The van der Waals surface area contributed by atoms with Crippen molar-refractivity contribution < 1.29 is 8.42 Å². The summed E-state index contributed by atoms with van der Waals surface area (Å²) < 4.78 is 22.7. The van der Waals surface area contributed by atoms with Gasteiger partial charge in [-0.15, -0.1) is 0 Å². The number of nitrogens with zero attached hydrogens (tertiary/aromatic N) is 2. The molecule has 0 saturated carbocycles. The van der Waals surface area contributed by atoms with Crippen LogP contribution in [0.1, 0.15) is 23.9 Å². The highest BCUT2D eigenvalue weighted by Crippen LogP contribution is 2.27. The van der Waals surface area contributed by atoms with E-state index in [4.69, 9.17) is 5.73 Å². The first kappa shape index (κ1) is 11.5. The first-order valence-electron chi connectivity index (χ1n) is 5.33. The lowest BCUT2D eigenvalue weighted by Gasteiger charge is -2.07. The molecule has 1 unspecified atom stereocenters. The van der Waals surface area contributed by atoms with Gasteiger partial charge in [-0.05, 0) is 19.0 Å². The molecule has 1 aromatic rings. The summed E-state index contributed by atoms with van der Waals surface area (Å²) in [6.07, 6.45) is 2.98. The number of nitrogens with two attached hydrogens (primary N) is 1. The fourth-order valence-corrected chi connectivity index (χ4v) is 3.68. The number of aromatic nitrogens is 2. The molecule has 0 aliphatic carbocycles. The van der Waals surface area contributed by atoms with Gasteiger partial charge in [0.25, 0.3) is 0 Å². The summed E-state index contributed by atoms with van der Waals surface area (Å²) in [6.45, 7) is 0.506. The Hall–Kier alpha value is -1.01. The Morgan fingerprint density at radius 1 is 1.50 bits per heavy atom. The Morgan fingerprint density at radius 3 is 2.94 bits per heavy atom. The Morgan fingerprint density at radius 2 is 2.31 bits per heavy atom. The minimum Gasteiger partial charge on any atom is -0.330 e. The fourth-order valence-electron chi connectivity index (χ4n) is 1.92. The average Bonchev–Trinajstić information content (AvgIpc) is 2.60. The molecule has 1 atom stereocenters. The monoisotopic (exact) mass is 241 g/mol. The molecule has 88 valence electrons. The third-order valence-electron chi connectivity index (χ3n) is 2.75. The van der Waals surface area contributed by atoms with Crippen LogP contribution in [-0.2, 0) is 16.3 Å². The smallest absolute Gasteiger partial charge is 0.151 e. The van der Waals surface area contributed by atoms with E-state index in [0.717, 1.165) is 5.69 Å². The van der Waals surface area contributed by atoms with Crippen LogP contribution in [0.4, 0.5) is 0 Å². The minimum atomic E-state index is -2.85. The van der Waals surface area contributed by atoms with E-state index in [1.165, 1.54) is 0 Å². The summed E-state index contributed by atoms with van der Waals surface area (Å²) in [5.74, 6) is 1.22. The van der Waals surface area contributed by atoms with Crippen LogP contribution in [-0.4, -0.2) is 36.4 Å². The lowest BCUT2D eigenvalue weighted by Crippen LogP contribution is -2.10. The van der Waals surface area contributed by atoms with Crippen LogP contribution in [0.25, 0.3) is 0 Å². The van der Waals surface area contributed by atoms with Gasteiger partial charge in [0, 0.05) is 24.2 Å². The number of hydrogen-bond acceptors (Lipinski definition) is 5. The second-order valence-electron chi connectivity index (χ2n) is 4.04. The molecule has 16 heavy (non-hydrogen) atoms. The normalized spacial score (nSPS) is 23.4. The molecule has 2 N–H and O–H groups in total. The van der Waals surface area contributed by atoms with Crippen molar-refractivity contribution in [3.05, 3.63) is 23.8 Å². The molecule has 5 nitrogen and oxygen atoms in total. The van der Waals surface area contributed by atoms with Gasteiger partial charge in [-0.3, -0.25) is 0 Å². The van der Waals surface area contributed by atoms with Gasteiger partial charge in [0.1, 0.15) is 5.82 Å². The van der Waals surface area contributed by atoms with Gasteiger partial charge in [-0.1, -0.05) is 0 Å². The van der Waals surface area contributed by atoms with E-state index >= 15 is 0 Å². The molecular formula is C10H15N3O2S. The summed E-state index contributed by atoms with van der Waals surface area (Å²) in [5.41, 5.74) is 6.26. The maximum absolute atomic E-state index is 11.4. The summed E-state index contributed by atoms with van der Waals surface area (Å²) >= 11 is 0. The Bertz CT molecular complexity index is 473. The van der Waals surface area contributed by atoms with Crippen molar-refractivity contribution >= 4 is 9.84 Å². The molecule has 1 aliphatic heterocycles. The highest BCUT2D eigenvalue weighted by Gasteiger charge is 2.29. The van der Waals surface area contributed by atoms with E-state index < -0.39 is 9.84 Å². The lowest BCUT2D eigenvalue weighted by molar-refractivity contribution is 0.601. The van der Waals surface area contributed by atoms with Crippen molar-refractivity contribution in [2.24, 2.45) is 5.73 Å². The summed E-state index contributed by atoms with van der Waals surface area (Å²) in [4.78, 5) is 8.45. The van der Waals surface area contributed by atoms with Gasteiger partial charge in [0.2, 0.25) is 0 Å². The maximum Gasteiger partial charge on any atom is 0.151 e. The van der Waals surface area contributed by atoms with Crippen molar-refractivity contribution in [2.45, 2.75) is 18.8 Å². The van der Waals surface area contributed by atoms with Crippen LogP contribution in [0.15, 0.2) is 12.3 Å². The molecule has 0 amide bonds. The zero-order valence-electron chi connectivity index (χ0n) is 8.96. The zero-order chi connectivity index (χ0) is 11.6. The number of hydrogen-bond donors (Lipinski definition) is 1.